The van der Waals surface area contributed by atoms with Gasteiger partial charge in [0, 0.05) is 17.7 Å². The Hall–Kier alpha value is -3.29. The Morgan fingerprint density at radius 2 is 1.67 bits per heavy atom. The summed E-state index contributed by atoms with van der Waals surface area (Å²) in [6.45, 7) is -0.695. The Kier molecular flexibility index (Phi) is 5.95. The second kappa shape index (κ2) is 8.57. The molecule has 2 aliphatic heterocycles. The molecular formula is C21H22O12. The lowest BCUT2D eigenvalue weighted by Gasteiger charge is -2.39. The first-order valence-electron chi connectivity index (χ1n) is 9.89. The normalized spacial score (nSPS) is 29.3. The standard InChI is InChI=1S/C21H22O12/c22-6-15-18(28)19(29)20(30)21(33-15)32-14-2-7(1-11(26)17(14)27)12-5-10(25)16-9(24)3-8(23)4-13(16)31-12/h1-4,12,15,18-24,26-30H,5-6H2/t12?,15-,18-,19+,20-,21-/m1/s1. The Bertz CT molecular complexity index is 1070. The predicted octanol–water partition coefficient (Wildman–Crippen LogP) is -0.606. The maximum atomic E-state index is 12.5. The molecule has 1 saturated heterocycles. The van der Waals surface area contributed by atoms with Crippen LogP contribution in [0.3, 0.4) is 0 Å². The summed E-state index contributed by atoms with van der Waals surface area (Å²) in [5, 5.41) is 79.2. The van der Waals surface area contributed by atoms with Gasteiger partial charge in [0.1, 0.15) is 53.3 Å². The van der Waals surface area contributed by atoms with Gasteiger partial charge in [0.15, 0.2) is 17.3 Å². The molecule has 8 N–H and O–H groups in total. The fourth-order valence-corrected chi connectivity index (χ4v) is 3.79. The van der Waals surface area contributed by atoms with E-state index in [1.54, 1.807) is 0 Å². The first-order chi connectivity index (χ1) is 15.6. The Labute approximate surface area is 186 Å². The van der Waals surface area contributed by atoms with Crippen LogP contribution in [-0.4, -0.2) is 83.9 Å². The highest BCUT2D eigenvalue weighted by Crippen LogP contribution is 2.45. The molecule has 0 aliphatic carbocycles. The van der Waals surface area contributed by atoms with Gasteiger partial charge in [-0.1, -0.05) is 0 Å². The third-order valence-corrected chi connectivity index (χ3v) is 5.53. The van der Waals surface area contributed by atoms with Crippen molar-refractivity contribution in [3.05, 3.63) is 35.4 Å². The topological polar surface area (TPSA) is 207 Å². The number of benzene rings is 2. The van der Waals surface area contributed by atoms with Crippen LogP contribution in [0, 0.1) is 0 Å². The second-order valence-corrected chi connectivity index (χ2v) is 7.77. The molecule has 2 aliphatic rings. The number of carbonyl (C=O) groups excluding carboxylic acids is 1. The average molecular weight is 466 g/mol. The predicted molar refractivity (Wildman–Crippen MR) is 106 cm³/mol. The van der Waals surface area contributed by atoms with Crippen LogP contribution in [0.25, 0.3) is 0 Å². The average Bonchev–Trinajstić information content (AvgIpc) is 2.76. The number of aliphatic hydroxyl groups is 4. The number of hydrogen-bond acceptors (Lipinski definition) is 12. The van der Waals surface area contributed by atoms with Gasteiger partial charge < -0.3 is 55.1 Å². The maximum absolute atomic E-state index is 12.5. The number of rotatable bonds is 4. The number of aliphatic hydroxyl groups excluding tert-OH is 4. The van der Waals surface area contributed by atoms with Gasteiger partial charge in [-0.2, -0.15) is 0 Å². The van der Waals surface area contributed by atoms with E-state index in [9.17, 15) is 45.6 Å². The molecule has 2 heterocycles. The minimum atomic E-state index is -1.77. The number of fused-ring (bicyclic) bond motifs is 1. The molecule has 0 aromatic heterocycles. The van der Waals surface area contributed by atoms with Crippen LogP contribution >= 0.6 is 0 Å². The summed E-state index contributed by atoms with van der Waals surface area (Å²) < 4.78 is 16.4. The number of carbonyl (C=O) groups is 1. The first kappa shape index (κ1) is 22.9. The molecule has 0 saturated carbocycles. The molecule has 0 spiro atoms. The van der Waals surface area contributed by atoms with Crippen molar-refractivity contribution in [2.45, 2.75) is 43.2 Å². The number of ether oxygens (including phenoxy) is 3. The third-order valence-electron chi connectivity index (χ3n) is 5.53. The number of hydrogen-bond donors (Lipinski definition) is 8. The molecule has 0 amide bonds. The summed E-state index contributed by atoms with van der Waals surface area (Å²) in [6.07, 6.45) is -9.26. The summed E-state index contributed by atoms with van der Waals surface area (Å²) in [4.78, 5) is 12.5. The molecule has 1 fully saturated rings. The minimum absolute atomic E-state index is 0.0854. The molecular weight excluding hydrogens is 444 g/mol. The van der Waals surface area contributed by atoms with Crippen molar-refractivity contribution in [2.75, 3.05) is 6.61 Å². The molecule has 1 unspecified atom stereocenters. The van der Waals surface area contributed by atoms with Crippen molar-refractivity contribution in [1.29, 1.82) is 0 Å². The molecule has 0 bridgehead atoms. The fraction of sp³-hybridized carbons (Fsp3) is 0.381. The van der Waals surface area contributed by atoms with E-state index in [0.717, 1.165) is 18.2 Å². The van der Waals surface area contributed by atoms with Crippen LogP contribution in [-0.2, 0) is 4.74 Å². The van der Waals surface area contributed by atoms with E-state index in [-0.39, 0.29) is 29.0 Å². The van der Waals surface area contributed by atoms with E-state index < -0.39 is 72.2 Å². The zero-order valence-electron chi connectivity index (χ0n) is 16.9. The number of phenolic OH excluding ortho intramolecular Hbond substituents is 4. The zero-order valence-corrected chi connectivity index (χ0v) is 16.9. The molecule has 12 nitrogen and oxygen atoms in total. The Morgan fingerprint density at radius 3 is 2.36 bits per heavy atom. The Morgan fingerprint density at radius 1 is 0.939 bits per heavy atom. The molecule has 4 rings (SSSR count). The van der Waals surface area contributed by atoms with Crippen molar-refractivity contribution in [3.63, 3.8) is 0 Å². The van der Waals surface area contributed by atoms with Crippen molar-refractivity contribution in [2.24, 2.45) is 0 Å². The van der Waals surface area contributed by atoms with Crippen LogP contribution in [0.1, 0.15) is 28.4 Å². The molecule has 178 valence electrons. The molecule has 33 heavy (non-hydrogen) atoms. The quantitative estimate of drug-likeness (QED) is 0.266. The summed E-state index contributed by atoms with van der Waals surface area (Å²) in [5.74, 6) is -3.18. The van der Waals surface area contributed by atoms with E-state index in [1.807, 2.05) is 0 Å². The molecule has 0 radical (unpaired) electrons. The highest BCUT2D eigenvalue weighted by atomic mass is 16.7. The fourth-order valence-electron chi connectivity index (χ4n) is 3.79. The van der Waals surface area contributed by atoms with Crippen LogP contribution in [0.15, 0.2) is 24.3 Å². The summed E-state index contributed by atoms with van der Waals surface area (Å²) in [7, 11) is 0. The van der Waals surface area contributed by atoms with E-state index >= 15 is 0 Å². The van der Waals surface area contributed by atoms with Gasteiger partial charge in [-0.3, -0.25) is 4.79 Å². The van der Waals surface area contributed by atoms with Gasteiger partial charge >= 0.3 is 0 Å². The second-order valence-electron chi connectivity index (χ2n) is 7.77. The lowest BCUT2D eigenvalue weighted by molar-refractivity contribution is -0.277. The van der Waals surface area contributed by atoms with Crippen molar-refractivity contribution >= 4 is 5.78 Å². The SMILES string of the molecule is O=C1CC(c2cc(O)c(O)c(O[C@@H]3O[C@H](CO)[C@@H](O)[C@H](O)[C@H]3O)c2)Oc2cc(O)cc(O)c21. The molecule has 12 heteroatoms. The first-order valence-corrected chi connectivity index (χ1v) is 9.89. The Balaban J connectivity index is 1.64. The van der Waals surface area contributed by atoms with Crippen LogP contribution in [0.5, 0.6) is 34.5 Å². The molecule has 2 aromatic rings. The van der Waals surface area contributed by atoms with Gasteiger partial charge in [0.2, 0.25) is 12.0 Å². The summed E-state index contributed by atoms with van der Waals surface area (Å²) in [5.41, 5.74) is 0.0524. The number of aromatic hydroxyl groups is 4. The lowest BCUT2D eigenvalue weighted by atomic mass is 9.95. The minimum Gasteiger partial charge on any atom is -0.508 e. The van der Waals surface area contributed by atoms with Gasteiger partial charge in [-0.15, -0.1) is 0 Å². The van der Waals surface area contributed by atoms with Gasteiger partial charge in [-0.05, 0) is 12.1 Å². The van der Waals surface area contributed by atoms with E-state index in [0.29, 0.717) is 0 Å². The monoisotopic (exact) mass is 466 g/mol. The van der Waals surface area contributed by atoms with Gasteiger partial charge in [-0.25, -0.2) is 0 Å². The smallest absolute Gasteiger partial charge is 0.229 e. The van der Waals surface area contributed by atoms with Crippen molar-refractivity contribution in [3.8, 4) is 34.5 Å². The van der Waals surface area contributed by atoms with Crippen molar-refractivity contribution in [1.82, 2.24) is 0 Å². The van der Waals surface area contributed by atoms with Crippen molar-refractivity contribution < 1.29 is 59.9 Å². The summed E-state index contributed by atoms with van der Waals surface area (Å²) >= 11 is 0. The molecule has 6 atom stereocenters. The number of Topliss-reactive ketones (excluding diaryl/α,β-unsaturated/α-hetero) is 1. The third kappa shape index (κ3) is 4.10. The van der Waals surface area contributed by atoms with Crippen LogP contribution in [0.4, 0.5) is 0 Å². The van der Waals surface area contributed by atoms with E-state index in [2.05, 4.69) is 0 Å². The number of ketones is 1. The van der Waals surface area contributed by atoms with Crippen LogP contribution < -0.4 is 9.47 Å². The van der Waals surface area contributed by atoms with Gasteiger partial charge in [0.05, 0.1) is 13.0 Å². The zero-order chi connectivity index (χ0) is 24.0. The highest BCUT2D eigenvalue weighted by Gasteiger charge is 2.45. The number of phenols is 4. The lowest BCUT2D eigenvalue weighted by Crippen LogP contribution is -2.60. The molecule has 2 aromatic carbocycles. The largest absolute Gasteiger partial charge is 0.508 e. The van der Waals surface area contributed by atoms with E-state index in [1.165, 1.54) is 6.07 Å². The highest BCUT2D eigenvalue weighted by molar-refractivity contribution is 6.02. The van der Waals surface area contributed by atoms with E-state index in [4.69, 9.17) is 14.2 Å². The summed E-state index contributed by atoms with van der Waals surface area (Å²) in [6, 6.07) is 4.45. The maximum Gasteiger partial charge on any atom is 0.229 e. The van der Waals surface area contributed by atoms with Gasteiger partial charge in [0.25, 0.3) is 0 Å². The van der Waals surface area contributed by atoms with Crippen LogP contribution in [0.2, 0.25) is 0 Å².